The second-order valence-electron chi connectivity index (χ2n) is 9.92. The molecule has 2 aliphatic heterocycles. The lowest BCUT2D eigenvalue weighted by Crippen LogP contribution is -2.58. The quantitative estimate of drug-likeness (QED) is 0.663. The van der Waals surface area contributed by atoms with Crippen molar-refractivity contribution >= 4 is 17.9 Å². The van der Waals surface area contributed by atoms with E-state index in [4.69, 9.17) is 19.2 Å². The molecule has 0 radical (unpaired) electrons. The molecule has 31 heavy (non-hydrogen) atoms. The molecule has 1 aromatic rings. The van der Waals surface area contributed by atoms with E-state index in [1.807, 2.05) is 26.8 Å². The lowest BCUT2D eigenvalue weighted by molar-refractivity contribution is 0.0191. The summed E-state index contributed by atoms with van der Waals surface area (Å²) in [6.45, 7) is 9.86. The Bertz CT molecular complexity index is 862. The van der Waals surface area contributed by atoms with E-state index in [2.05, 4.69) is 11.8 Å². The van der Waals surface area contributed by atoms with E-state index in [9.17, 15) is 9.59 Å². The summed E-state index contributed by atoms with van der Waals surface area (Å²) >= 11 is 0. The summed E-state index contributed by atoms with van der Waals surface area (Å²) in [7, 11) is 1.38. The third kappa shape index (κ3) is 4.79. The highest BCUT2D eigenvalue weighted by Gasteiger charge is 2.42. The highest BCUT2D eigenvalue weighted by atomic mass is 16.6. The molecule has 8 heteroatoms. The van der Waals surface area contributed by atoms with Gasteiger partial charge in [0.05, 0.1) is 31.0 Å². The number of aromatic nitrogens is 1. The van der Waals surface area contributed by atoms with E-state index in [1.165, 1.54) is 20.0 Å². The molecule has 2 fully saturated rings. The molecule has 170 valence electrons. The van der Waals surface area contributed by atoms with Gasteiger partial charge in [0.25, 0.3) is 0 Å². The van der Waals surface area contributed by atoms with Gasteiger partial charge in [-0.2, -0.15) is 0 Å². The van der Waals surface area contributed by atoms with Crippen molar-refractivity contribution in [2.24, 2.45) is 5.92 Å². The number of esters is 1. The Hall–Kier alpha value is -2.35. The minimum Gasteiger partial charge on any atom is -0.465 e. The van der Waals surface area contributed by atoms with Crippen LogP contribution in [0.25, 0.3) is 0 Å². The molecule has 4 rings (SSSR count). The molecule has 3 aliphatic rings. The van der Waals surface area contributed by atoms with Crippen molar-refractivity contribution in [3.05, 3.63) is 22.9 Å². The molecule has 1 aliphatic carbocycles. The summed E-state index contributed by atoms with van der Waals surface area (Å²) in [6, 6.07) is 2.09. The van der Waals surface area contributed by atoms with Gasteiger partial charge in [-0.25, -0.2) is 14.6 Å². The van der Waals surface area contributed by atoms with Crippen LogP contribution in [-0.2, 0) is 27.2 Å². The van der Waals surface area contributed by atoms with Crippen LogP contribution < -0.4 is 4.90 Å². The van der Waals surface area contributed by atoms with Gasteiger partial charge < -0.3 is 24.0 Å². The van der Waals surface area contributed by atoms with Gasteiger partial charge in [0.15, 0.2) is 0 Å². The van der Waals surface area contributed by atoms with Gasteiger partial charge >= 0.3 is 12.1 Å². The van der Waals surface area contributed by atoms with Crippen molar-refractivity contribution in [2.75, 3.05) is 31.7 Å². The van der Waals surface area contributed by atoms with Crippen LogP contribution in [0.2, 0.25) is 0 Å². The molecular formula is C23H33N3O5. The third-order valence-corrected chi connectivity index (χ3v) is 5.99. The molecule has 1 saturated heterocycles. The van der Waals surface area contributed by atoms with Crippen molar-refractivity contribution in [2.45, 2.75) is 71.2 Å². The highest BCUT2D eigenvalue weighted by Crippen LogP contribution is 2.37. The lowest BCUT2D eigenvalue weighted by Gasteiger charge is -2.43. The smallest absolute Gasteiger partial charge is 0.410 e. The van der Waals surface area contributed by atoms with Crippen LogP contribution in [0, 0.1) is 5.92 Å². The van der Waals surface area contributed by atoms with Gasteiger partial charge in [0.2, 0.25) is 0 Å². The topological polar surface area (TPSA) is 81.2 Å². The summed E-state index contributed by atoms with van der Waals surface area (Å²) in [5, 5.41) is 0. The number of rotatable bonds is 5. The number of ether oxygens (including phenoxy) is 3. The van der Waals surface area contributed by atoms with E-state index in [-0.39, 0.29) is 18.2 Å². The van der Waals surface area contributed by atoms with E-state index in [0.717, 1.165) is 17.8 Å². The number of methoxy groups -OCH3 is 1. The molecule has 0 N–H and O–H groups in total. The second-order valence-corrected chi connectivity index (χ2v) is 9.92. The van der Waals surface area contributed by atoms with Gasteiger partial charge in [0, 0.05) is 25.7 Å². The van der Waals surface area contributed by atoms with Gasteiger partial charge in [-0.15, -0.1) is 0 Å². The Morgan fingerprint density at radius 2 is 1.97 bits per heavy atom. The van der Waals surface area contributed by atoms with Gasteiger partial charge in [-0.3, -0.25) is 0 Å². The number of anilines is 1. The minimum absolute atomic E-state index is 0.0872. The van der Waals surface area contributed by atoms with E-state index < -0.39 is 11.6 Å². The Labute approximate surface area is 183 Å². The molecule has 3 heterocycles. The molecule has 2 atom stereocenters. The molecular weight excluding hydrogens is 398 g/mol. The van der Waals surface area contributed by atoms with Crippen LogP contribution >= 0.6 is 0 Å². The van der Waals surface area contributed by atoms with Gasteiger partial charge in [-0.1, -0.05) is 0 Å². The summed E-state index contributed by atoms with van der Waals surface area (Å²) in [5.41, 5.74) is 1.57. The predicted octanol–water partition coefficient (Wildman–Crippen LogP) is 3.17. The number of hydrogen-bond donors (Lipinski definition) is 0. The largest absolute Gasteiger partial charge is 0.465 e. The van der Waals surface area contributed by atoms with Crippen molar-refractivity contribution < 1.29 is 23.8 Å². The Kier molecular flexibility index (Phi) is 5.85. The molecule has 0 bridgehead atoms. The van der Waals surface area contributed by atoms with Crippen molar-refractivity contribution in [1.82, 2.24) is 9.88 Å². The number of carbonyl (C=O) groups excluding carboxylic acids is 2. The number of amides is 1. The van der Waals surface area contributed by atoms with Crippen LogP contribution in [0.1, 0.15) is 62.2 Å². The molecule has 0 aromatic carbocycles. The van der Waals surface area contributed by atoms with Gasteiger partial charge in [-0.05, 0) is 64.5 Å². The molecule has 0 unspecified atom stereocenters. The van der Waals surface area contributed by atoms with Crippen molar-refractivity contribution in [3.8, 4) is 0 Å². The maximum Gasteiger partial charge on any atom is 0.410 e. The average molecular weight is 432 g/mol. The van der Waals surface area contributed by atoms with Crippen LogP contribution in [-0.4, -0.2) is 66.4 Å². The Morgan fingerprint density at radius 1 is 1.23 bits per heavy atom. The fourth-order valence-corrected chi connectivity index (χ4v) is 4.42. The minimum atomic E-state index is -0.525. The summed E-state index contributed by atoms with van der Waals surface area (Å²) in [4.78, 5) is 34.0. The molecule has 8 nitrogen and oxygen atoms in total. The monoisotopic (exact) mass is 431 g/mol. The van der Waals surface area contributed by atoms with E-state index in [1.54, 1.807) is 4.90 Å². The first-order chi connectivity index (χ1) is 14.7. The van der Waals surface area contributed by atoms with Gasteiger partial charge in [0.1, 0.15) is 11.4 Å². The fourth-order valence-electron chi connectivity index (χ4n) is 4.42. The number of pyridine rings is 1. The average Bonchev–Trinajstić information content (AvgIpc) is 3.44. The SMILES string of the molecule is COC(=O)c1cc2c(nc1COCC1CC1)N1[C@H](C2)CN(C(=O)OC(C)(C)C)C[C@H]1C. The summed E-state index contributed by atoms with van der Waals surface area (Å²) in [5.74, 6) is 1.13. The first kappa shape index (κ1) is 21.9. The standard InChI is InChI=1S/C23H33N3O5/c1-14-10-25(22(28)31-23(2,3)4)11-17-8-16-9-18(21(27)29-5)19(24-20(16)26(14)17)13-30-12-15-6-7-15/h9,14-15,17H,6-8,10-13H2,1-5H3/t14-,17-/m1/s1. The maximum absolute atomic E-state index is 12.6. The van der Waals surface area contributed by atoms with Crippen molar-refractivity contribution in [1.29, 1.82) is 0 Å². The van der Waals surface area contributed by atoms with Crippen LogP contribution in [0.5, 0.6) is 0 Å². The zero-order chi connectivity index (χ0) is 22.3. The Morgan fingerprint density at radius 3 is 2.61 bits per heavy atom. The van der Waals surface area contributed by atoms with Crippen molar-refractivity contribution in [3.63, 3.8) is 0 Å². The number of hydrogen-bond acceptors (Lipinski definition) is 7. The van der Waals surface area contributed by atoms with Crippen LogP contribution in [0.15, 0.2) is 6.07 Å². The summed E-state index contributed by atoms with van der Waals surface area (Å²) < 4.78 is 16.4. The Balaban J connectivity index is 1.55. The first-order valence-corrected chi connectivity index (χ1v) is 11.1. The van der Waals surface area contributed by atoms with Crippen LogP contribution in [0.3, 0.4) is 0 Å². The number of nitrogens with zero attached hydrogens (tertiary/aromatic N) is 3. The number of piperazine rings is 1. The van der Waals surface area contributed by atoms with E-state index >= 15 is 0 Å². The molecule has 1 aromatic heterocycles. The number of carbonyl (C=O) groups is 2. The first-order valence-electron chi connectivity index (χ1n) is 11.1. The number of fused-ring (bicyclic) bond motifs is 3. The van der Waals surface area contributed by atoms with E-state index in [0.29, 0.717) is 43.5 Å². The lowest BCUT2D eigenvalue weighted by atomic mass is 10.1. The third-order valence-electron chi connectivity index (χ3n) is 5.99. The zero-order valence-electron chi connectivity index (χ0n) is 19.1. The highest BCUT2D eigenvalue weighted by molar-refractivity contribution is 5.91. The fraction of sp³-hybridized carbons (Fsp3) is 0.696. The maximum atomic E-state index is 12.6. The molecule has 1 amide bonds. The predicted molar refractivity (Wildman–Crippen MR) is 115 cm³/mol. The molecule has 0 spiro atoms. The molecule has 1 saturated carbocycles. The van der Waals surface area contributed by atoms with Crippen LogP contribution in [0.4, 0.5) is 10.6 Å². The zero-order valence-corrected chi connectivity index (χ0v) is 19.1. The second kappa shape index (κ2) is 8.30. The summed E-state index contributed by atoms with van der Waals surface area (Å²) in [6.07, 6.45) is 2.86. The normalized spacial score (nSPS) is 22.7.